The Morgan fingerprint density at radius 3 is 2.32 bits per heavy atom. The van der Waals surface area contributed by atoms with Crippen LogP contribution in [0.5, 0.6) is 0 Å². The molecule has 0 N–H and O–H groups in total. The molecule has 0 saturated carbocycles. The number of halogens is 4. The van der Waals surface area contributed by atoms with Crippen molar-refractivity contribution in [3.8, 4) is 11.8 Å². The van der Waals surface area contributed by atoms with Crippen LogP contribution in [0, 0.1) is 35.1 Å². The second-order valence-electron chi connectivity index (χ2n) is 7.97. The van der Waals surface area contributed by atoms with E-state index in [2.05, 4.69) is 29.5 Å². The zero-order valence-corrected chi connectivity index (χ0v) is 18.3. The Hall–Kier alpha value is -3.91. The summed E-state index contributed by atoms with van der Waals surface area (Å²) in [6.07, 6.45) is 6.90. The van der Waals surface area contributed by atoms with E-state index in [-0.39, 0.29) is 16.3 Å². The molecule has 0 radical (unpaired) electrons. The van der Waals surface area contributed by atoms with Crippen molar-refractivity contribution in [2.24, 2.45) is 0 Å². The molecule has 4 aromatic rings. The van der Waals surface area contributed by atoms with E-state index in [4.69, 9.17) is 0 Å². The minimum absolute atomic E-state index is 0.0409. The van der Waals surface area contributed by atoms with Crippen molar-refractivity contribution in [1.82, 2.24) is 4.98 Å². The smallest absolute Gasteiger partial charge is 0.195 e. The highest BCUT2D eigenvalue weighted by molar-refractivity contribution is 5.84. The van der Waals surface area contributed by atoms with Crippen LogP contribution < -0.4 is 0 Å². The Bertz CT molecular complexity index is 1410. The van der Waals surface area contributed by atoms with E-state index in [1.54, 1.807) is 6.07 Å². The van der Waals surface area contributed by atoms with Gasteiger partial charge < -0.3 is 0 Å². The average molecular weight is 459 g/mol. The summed E-state index contributed by atoms with van der Waals surface area (Å²) in [4.78, 5) is 4.47. The molecule has 0 bridgehead atoms. The Morgan fingerprint density at radius 1 is 0.765 bits per heavy atom. The molecule has 0 amide bonds. The molecule has 5 heteroatoms. The average Bonchev–Trinajstić information content (AvgIpc) is 2.84. The molecule has 0 aliphatic carbocycles. The summed E-state index contributed by atoms with van der Waals surface area (Å²) in [6, 6.07) is 14.1. The van der Waals surface area contributed by atoms with E-state index >= 15 is 0 Å². The van der Waals surface area contributed by atoms with Gasteiger partial charge in [0.05, 0.1) is 5.56 Å². The van der Waals surface area contributed by atoms with Crippen molar-refractivity contribution < 1.29 is 17.6 Å². The van der Waals surface area contributed by atoms with Crippen LogP contribution in [-0.4, -0.2) is 4.98 Å². The van der Waals surface area contributed by atoms with Gasteiger partial charge >= 0.3 is 0 Å². The number of aryl methyl sites for hydroxylation is 3. The second-order valence-corrected chi connectivity index (χ2v) is 7.97. The Kier molecular flexibility index (Phi) is 7.08. The maximum atomic E-state index is 14.6. The molecular weight excluding hydrogens is 438 g/mol. The second kappa shape index (κ2) is 10.4. The van der Waals surface area contributed by atoms with Crippen LogP contribution in [0.1, 0.15) is 34.4 Å². The largest absolute Gasteiger partial charge is 0.261 e. The van der Waals surface area contributed by atoms with Crippen LogP contribution in [0.2, 0.25) is 0 Å². The Balaban J connectivity index is 1.45. The summed E-state index contributed by atoms with van der Waals surface area (Å²) in [5.74, 6) is 1.09. The summed E-state index contributed by atoms with van der Waals surface area (Å²) in [6.45, 7) is 3.72. The predicted molar refractivity (Wildman–Crippen MR) is 126 cm³/mol. The van der Waals surface area contributed by atoms with Crippen LogP contribution in [0.3, 0.4) is 0 Å². The lowest BCUT2D eigenvalue weighted by atomic mass is 10.0. The molecule has 3 aromatic carbocycles. The molecular formula is C29H21F4N. The monoisotopic (exact) mass is 459 g/mol. The number of fused-ring (bicyclic) bond motifs is 1. The predicted octanol–water partition coefficient (Wildman–Crippen LogP) is 7.09. The topological polar surface area (TPSA) is 12.9 Å². The molecule has 0 aliphatic heterocycles. The maximum Gasteiger partial charge on any atom is 0.195 e. The highest BCUT2D eigenvalue weighted by Crippen LogP contribution is 2.24. The molecule has 170 valence electrons. The van der Waals surface area contributed by atoms with Gasteiger partial charge in [-0.3, -0.25) is 4.98 Å². The molecule has 1 heterocycles. The Morgan fingerprint density at radius 2 is 1.59 bits per heavy atom. The third-order valence-corrected chi connectivity index (χ3v) is 5.54. The quantitative estimate of drug-likeness (QED) is 0.130. The zero-order valence-electron chi connectivity index (χ0n) is 18.3. The number of nitrogens with zero attached hydrogens (tertiary/aromatic N) is 1. The molecule has 4 rings (SSSR count). The molecule has 0 aliphatic rings. The number of rotatable bonds is 6. The number of pyridine rings is 1. The van der Waals surface area contributed by atoms with E-state index in [0.29, 0.717) is 18.4 Å². The maximum absolute atomic E-state index is 14.6. The first-order chi connectivity index (χ1) is 16.4. The highest BCUT2D eigenvalue weighted by Gasteiger charge is 2.13. The van der Waals surface area contributed by atoms with Crippen LogP contribution in [0.4, 0.5) is 17.6 Å². The number of allylic oxidation sites excluding steroid dienone is 1. The van der Waals surface area contributed by atoms with Crippen molar-refractivity contribution in [1.29, 1.82) is 0 Å². The molecule has 0 spiro atoms. The summed E-state index contributed by atoms with van der Waals surface area (Å²) in [5.41, 5.74) is 3.58. The van der Waals surface area contributed by atoms with Crippen molar-refractivity contribution in [2.75, 3.05) is 0 Å². The zero-order chi connectivity index (χ0) is 24.1. The fourth-order valence-corrected chi connectivity index (χ4v) is 3.63. The van der Waals surface area contributed by atoms with Gasteiger partial charge in [0.15, 0.2) is 17.5 Å². The molecule has 0 fully saturated rings. The minimum atomic E-state index is -1.51. The van der Waals surface area contributed by atoms with Crippen LogP contribution in [-0.2, 0) is 19.3 Å². The molecule has 1 aromatic heterocycles. The lowest BCUT2D eigenvalue weighted by Gasteiger charge is -2.05. The first-order valence-electron chi connectivity index (χ1n) is 10.9. The lowest BCUT2D eigenvalue weighted by molar-refractivity contribution is 0.453. The van der Waals surface area contributed by atoms with Gasteiger partial charge in [-0.25, -0.2) is 17.6 Å². The standard InChI is InChI=1S/C29H21F4N/c1-2-3-4-21-8-13-24(34-18-21)12-7-20-6-11-22(26(30)16-20)10-5-19-9-14-25-23(15-19)17-27(31)29(33)28(25)32/h2,6,8-9,11,13-18H,1,3-4,7,12H2. The van der Waals surface area contributed by atoms with E-state index < -0.39 is 23.3 Å². The number of hydrogen-bond acceptors (Lipinski definition) is 1. The first kappa shape index (κ1) is 23.3. The molecule has 0 saturated heterocycles. The molecule has 34 heavy (non-hydrogen) atoms. The summed E-state index contributed by atoms with van der Waals surface area (Å²) in [5, 5.41) is 0.141. The number of hydrogen-bond donors (Lipinski definition) is 0. The fourth-order valence-electron chi connectivity index (χ4n) is 3.63. The van der Waals surface area contributed by atoms with Crippen molar-refractivity contribution in [3.05, 3.63) is 125 Å². The van der Waals surface area contributed by atoms with Gasteiger partial charge in [0.1, 0.15) is 5.82 Å². The van der Waals surface area contributed by atoms with Crippen molar-refractivity contribution in [2.45, 2.75) is 25.7 Å². The SMILES string of the molecule is C=CCCc1ccc(CCc2ccc(C#Cc3ccc4c(F)c(F)c(F)cc4c3)c(F)c2)nc1. The van der Waals surface area contributed by atoms with Gasteiger partial charge in [0.2, 0.25) is 0 Å². The normalized spacial score (nSPS) is 10.7. The van der Waals surface area contributed by atoms with Gasteiger partial charge in [-0.1, -0.05) is 36.1 Å². The number of benzene rings is 3. The summed E-state index contributed by atoms with van der Waals surface area (Å²) < 4.78 is 55.3. The molecule has 0 atom stereocenters. The van der Waals surface area contributed by atoms with E-state index in [1.807, 2.05) is 24.4 Å². The lowest BCUT2D eigenvalue weighted by Crippen LogP contribution is -1.97. The summed E-state index contributed by atoms with van der Waals surface area (Å²) in [7, 11) is 0. The fraction of sp³-hybridized carbons (Fsp3) is 0.138. The highest BCUT2D eigenvalue weighted by atomic mass is 19.2. The van der Waals surface area contributed by atoms with Crippen LogP contribution >= 0.6 is 0 Å². The molecule has 1 nitrogen and oxygen atoms in total. The van der Waals surface area contributed by atoms with Gasteiger partial charge in [0, 0.05) is 22.8 Å². The summed E-state index contributed by atoms with van der Waals surface area (Å²) >= 11 is 0. The van der Waals surface area contributed by atoms with Crippen molar-refractivity contribution >= 4 is 10.8 Å². The van der Waals surface area contributed by atoms with Gasteiger partial charge in [-0.2, -0.15) is 0 Å². The van der Waals surface area contributed by atoms with Gasteiger partial charge in [-0.15, -0.1) is 6.58 Å². The number of aromatic nitrogens is 1. The Labute approximate surface area is 195 Å². The molecule has 0 unspecified atom stereocenters. The van der Waals surface area contributed by atoms with Crippen LogP contribution in [0.25, 0.3) is 10.8 Å². The van der Waals surface area contributed by atoms with E-state index in [9.17, 15) is 17.6 Å². The first-order valence-corrected chi connectivity index (χ1v) is 10.9. The van der Waals surface area contributed by atoms with Crippen molar-refractivity contribution in [3.63, 3.8) is 0 Å². The van der Waals surface area contributed by atoms with E-state index in [0.717, 1.165) is 35.7 Å². The van der Waals surface area contributed by atoms with Gasteiger partial charge in [0.25, 0.3) is 0 Å². The van der Waals surface area contributed by atoms with Crippen LogP contribution in [0.15, 0.2) is 73.4 Å². The third-order valence-electron chi connectivity index (χ3n) is 5.54. The third kappa shape index (κ3) is 5.35. The minimum Gasteiger partial charge on any atom is -0.261 e. The van der Waals surface area contributed by atoms with E-state index in [1.165, 1.54) is 24.3 Å². The van der Waals surface area contributed by atoms with Gasteiger partial charge in [-0.05, 0) is 78.6 Å².